The van der Waals surface area contributed by atoms with Crippen molar-refractivity contribution in [3.63, 3.8) is 0 Å². The molecule has 2 aromatic rings. The Morgan fingerprint density at radius 2 is 1.81 bits per heavy atom. The number of pyridine rings is 1. The summed E-state index contributed by atoms with van der Waals surface area (Å²) in [4.78, 5) is 43.6. The summed E-state index contributed by atoms with van der Waals surface area (Å²) in [5.74, 6) is -0.273. The van der Waals surface area contributed by atoms with Crippen molar-refractivity contribution in [2.75, 3.05) is 19.6 Å². The fraction of sp³-hybridized carbons (Fsp3) is 0.579. The van der Waals surface area contributed by atoms with Crippen molar-refractivity contribution in [3.8, 4) is 0 Å². The van der Waals surface area contributed by atoms with E-state index in [-0.39, 0.29) is 22.5 Å². The van der Waals surface area contributed by atoms with Crippen LogP contribution in [0.15, 0.2) is 21.9 Å². The summed E-state index contributed by atoms with van der Waals surface area (Å²) in [5, 5.41) is 3.22. The van der Waals surface area contributed by atoms with E-state index < -0.39 is 11.2 Å². The average Bonchev–Trinajstić information content (AvgIpc) is 2.69. The summed E-state index contributed by atoms with van der Waals surface area (Å²) < 4.78 is 2.32. The summed E-state index contributed by atoms with van der Waals surface area (Å²) in [5.41, 5.74) is -0.453. The normalized spacial score (nSPS) is 15.9. The van der Waals surface area contributed by atoms with Crippen LogP contribution in [0, 0.1) is 0 Å². The van der Waals surface area contributed by atoms with Gasteiger partial charge in [-0.3, -0.25) is 23.6 Å². The number of rotatable bonds is 4. The molecule has 0 bridgehead atoms. The fourth-order valence-corrected chi connectivity index (χ4v) is 3.60. The molecular formula is C19H27N5O3. The number of amides is 1. The van der Waals surface area contributed by atoms with E-state index in [1.165, 1.54) is 43.1 Å². The van der Waals surface area contributed by atoms with Gasteiger partial charge in [-0.05, 0) is 45.8 Å². The molecule has 27 heavy (non-hydrogen) atoms. The van der Waals surface area contributed by atoms with Crippen LogP contribution in [-0.4, -0.2) is 50.1 Å². The van der Waals surface area contributed by atoms with Crippen LogP contribution in [0.25, 0.3) is 11.0 Å². The van der Waals surface area contributed by atoms with Gasteiger partial charge < -0.3 is 5.32 Å². The Hall–Kier alpha value is -2.48. The van der Waals surface area contributed by atoms with E-state index in [2.05, 4.69) is 29.0 Å². The molecule has 1 saturated heterocycles. The minimum atomic E-state index is -0.455. The van der Waals surface area contributed by atoms with Crippen LogP contribution < -0.4 is 16.6 Å². The number of nitrogens with zero attached hydrogens (tertiary/aromatic N) is 4. The number of carbonyl (C=O) groups is 1. The molecule has 0 unspecified atom stereocenters. The molecule has 1 aliphatic heterocycles. The summed E-state index contributed by atoms with van der Waals surface area (Å²) >= 11 is 0. The third kappa shape index (κ3) is 3.66. The van der Waals surface area contributed by atoms with Crippen LogP contribution in [-0.2, 0) is 14.1 Å². The molecule has 8 nitrogen and oxygen atoms in total. The topological polar surface area (TPSA) is 89.2 Å². The zero-order valence-corrected chi connectivity index (χ0v) is 16.4. The second-order valence-electron chi connectivity index (χ2n) is 7.84. The van der Waals surface area contributed by atoms with Crippen LogP contribution >= 0.6 is 0 Å². The van der Waals surface area contributed by atoms with Gasteiger partial charge in [-0.2, -0.15) is 0 Å². The molecule has 0 atom stereocenters. The first-order valence-corrected chi connectivity index (χ1v) is 9.31. The van der Waals surface area contributed by atoms with Gasteiger partial charge in [0.1, 0.15) is 5.65 Å². The molecule has 146 valence electrons. The van der Waals surface area contributed by atoms with Gasteiger partial charge >= 0.3 is 5.69 Å². The quantitative estimate of drug-likeness (QED) is 0.849. The number of hydrogen-bond donors (Lipinski definition) is 1. The largest absolute Gasteiger partial charge is 0.350 e. The first-order valence-electron chi connectivity index (χ1n) is 9.31. The maximum Gasteiger partial charge on any atom is 0.332 e. The number of piperidine rings is 1. The second kappa shape index (κ2) is 7.26. The van der Waals surface area contributed by atoms with Crippen LogP contribution in [0.3, 0.4) is 0 Å². The van der Waals surface area contributed by atoms with E-state index in [0.717, 1.165) is 17.7 Å². The minimum Gasteiger partial charge on any atom is -0.350 e. The molecule has 1 amide bonds. The van der Waals surface area contributed by atoms with Crippen molar-refractivity contribution in [1.82, 2.24) is 24.3 Å². The summed E-state index contributed by atoms with van der Waals surface area (Å²) in [6.45, 7) is 6.86. The second-order valence-corrected chi connectivity index (χ2v) is 7.84. The molecule has 0 saturated carbocycles. The van der Waals surface area contributed by atoms with Crippen molar-refractivity contribution in [2.45, 2.75) is 38.6 Å². The molecule has 8 heteroatoms. The summed E-state index contributed by atoms with van der Waals surface area (Å²) in [6.07, 6.45) is 5.05. The first-order chi connectivity index (χ1) is 12.7. The fourth-order valence-electron chi connectivity index (χ4n) is 3.60. The highest BCUT2D eigenvalue weighted by Gasteiger charge is 2.28. The zero-order valence-electron chi connectivity index (χ0n) is 16.4. The molecule has 0 aliphatic carbocycles. The van der Waals surface area contributed by atoms with Crippen molar-refractivity contribution in [3.05, 3.63) is 38.7 Å². The lowest BCUT2D eigenvalue weighted by Gasteiger charge is -2.41. The Bertz CT molecular complexity index is 983. The van der Waals surface area contributed by atoms with E-state index in [1.807, 2.05) is 0 Å². The predicted octanol–water partition coefficient (Wildman–Crippen LogP) is 0.626. The van der Waals surface area contributed by atoms with Crippen LogP contribution in [0.5, 0.6) is 0 Å². The van der Waals surface area contributed by atoms with Crippen molar-refractivity contribution >= 4 is 16.9 Å². The third-order valence-corrected chi connectivity index (χ3v) is 5.45. The van der Waals surface area contributed by atoms with Crippen molar-refractivity contribution in [1.29, 1.82) is 0 Å². The number of aromatic nitrogens is 3. The lowest BCUT2D eigenvalue weighted by atomic mass is 9.98. The Morgan fingerprint density at radius 1 is 1.15 bits per heavy atom. The lowest BCUT2D eigenvalue weighted by molar-refractivity contribution is 0.0797. The lowest BCUT2D eigenvalue weighted by Crippen LogP contribution is -2.53. The molecule has 0 radical (unpaired) electrons. The summed E-state index contributed by atoms with van der Waals surface area (Å²) in [6, 6.07) is 1.51. The number of fused-ring (bicyclic) bond motifs is 1. The zero-order chi connectivity index (χ0) is 19.8. The number of aryl methyl sites for hydroxylation is 1. The molecule has 2 aromatic heterocycles. The third-order valence-electron chi connectivity index (χ3n) is 5.45. The van der Waals surface area contributed by atoms with Gasteiger partial charge in [0.2, 0.25) is 0 Å². The summed E-state index contributed by atoms with van der Waals surface area (Å²) in [7, 11) is 2.97. The molecule has 3 rings (SSSR count). The van der Waals surface area contributed by atoms with E-state index in [0.29, 0.717) is 12.1 Å². The van der Waals surface area contributed by atoms with E-state index in [4.69, 9.17) is 0 Å². The van der Waals surface area contributed by atoms with Crippen LogP contribution in [0.1, 0.15) is 43.5 Å². The SMILES string of the molecule is Cn1c(=O)c2cc(C(=O)NCC(C)(C)N3CCCCC3)cnc2n(C)c1=O. The number of likely N-dealkylation sites (tertiary alicyclic amines) is 1. The van der Waals surface area contributed by atoms with Gasteiger partial charge in [-0.1, -0.05) is 6.42 Å². The van der Waals surface area contributed by atoms with E-state index in [9.17, 15) is 14.4 Å². The molecular weight excluding hydrogens is 346 g/mol. The Morgan fingerprint density at radius 3 is 2.48 bits per heavy atom. The number of carbonyl (C=O) groups excluding carboxylic acids is 1. The van der Waals surface area contributed by atoms with Crippen molar-refractivity contribution < 1.29 is 4.79 Å². The number of nitrogens with one attached hydrogen (secondary N) is 1. The van der Waals surface area contributed by atoms with Gasteiger partial charge in [-0.15, -0.1) is 0 Å². The van der Waals surface area contributed by atoms with Gasteiger partial charge in [0.25, 0.3) is 11.5 Å². The standard InChI is InChI=1S/C19H27N5O3/c1-19(2,24-8-6-5-7-9-24)12-21-16(25)13-10-14-15(20-11-13)22(3)18(27)23(4)17(14)26/h10-11H,5-9,12H2,1-4H3,(H,21,25). The van der Waals surface area contributed by atoms with E-state index >= 15 is 0 Å². The molecule has 1 fully saturated rings. The Balaban J connectivity index is 1.82. The highest BCUT2D eigenvalue weighted by atomic mass is 16.2. The van der Waals surface area contributed by atoms with Gasteiger partial charge in [0, 0.05) is 32.4 Å². The van der Waals surface area contributed by atoms with Crippen molar-refractivity contribution in [2.24, 2.45) is 14.1 Å². The predicted molar refractivity (Wildman–Crippen MR) is 104 cm³/mol. The minimum absolute atomic E-state index is 0.139. The smallest absolute Gasteiger partial charge is 0.332 e. The average molecular weight is 373 g/mol. The van der Waals surface area contributed by atoms with Gasteiger partial charge in [0.15, 0.2) is 0 Å². The van der Waals surface area contributed by atoms with E-state index in [1.54, 1.807) is 7.05 Å². The monoisotopic (exact) mass is 373 g/mol. The van der Waals surface area contributed by atoms with Gasteiger partial charge in [-0.25, -0.2) is 9.78 Å². The number of hydrogen-bond acceptors (Lipinski definition) is 5. The maximum atomic E-state index is 12.6. The van der Waals surface area contributed by atoms with Gasteiger partial charge in [0.05, 0.1) is 10.9 Å². The molecule has 1 aliphatic rings. The van der Waals surface area contributed by atoms with Crippen LogP contribution in [0.4, 0.5) is 0 Å². The highest BCUT2D eigenvalue weighted by molar-refractivity contribution is 5.96. The molecule has 0 spiro atoms. The molecule has 0 aromatic carbocycles. The maximum absolute atomic E-state index is 12.6. The Labute approximate surface area is 157 Å². The molecule has 1 N–H and O–H groups in total. The Kier molecular flexibility index (Phi) is 5.19. The highest BCUT2D eigenvalue weighted by Crippen LogP contribution is 2.20. The first kappa shape index (κ1) is 19.3. The van der Waals surface area contributed by atoms with Crippen LogP contribution in [0.2, 0.25) is 0 Å². The molecule has 3 heterocycles.